The summed E-state index contributed by atoms with van der Waals surface area (Å²) in [5.41, 5.74) is 2.00. The fraction of sp³-hybridized carbons (Fsp3) is 0.542. The smallest absolute Gasteiger partial charge is 0.469 e. The minimum absolute atomic E-state index is 0. The highest BCUT2D eigenvalue weighted by atomic mass is 31.2. The van der Waals surface area contributed by atoms with Crippen LogP contribution in [0.25, 0.3) is 11.1 Å². The Labute approximate surface area is 198 Å². The molecule has 33 heavy (non-hydrogen) atoms. The van der Waals surface area contributed by atoms with Crippen molar-refractivity contribution in [1.82, 2.24) is 11.1 Å². The molecule has 0 bridgehead atoms. The van der Waals surface area contributed by atoms with Gasteiger partial charge in [-0.2, -0.15) is 0 Å². The van der Waals surface area contributed by atoms with Crippen LogP contribution in [0.15, 0.2) is 42.6 Å². The largest absolute Gasteiger partial charge is 0.494 e. The zero-order valence-corrected chi connectivity index (χ0v) is 20.6. The molecule has 0 saturated carbocycles. The van der Waals surface area contributed by atoms with E-state index in [1.807, 2.05) is 36.4 Å². The summed E-state index contributed by atoms with van der Waals surface area (Å²) in [6.45, 7) is 3.10. The molecule has 0 unspecified atom stereocenters. The summed E-state index contributed by atoms with van der Waals surface area (Å²) < 4.78 is 21.1. The average molecular weight is 482 g/mol. The number of phosphoric ester groups is 1. The highest BCUT2D eigenvalue weighted by Gasteiger charge is 2.12. The first-order chi connectivity index (χ1) is 15.5. The number of rotatable bonds is 17. The molecule has 9 heteroatoms. The van der Waals surface area contributed by atoms with Crippen molar-refractivity contribution >= 4 is 13.6 Å². The van der Waals surface area contributed by atoms with E-state index in [1.54, 1.807) is 6.20 Å². The second-order valence-electron chi connectivity index (χ2n) is 7.89. The summed E-state index contributed by atoms with van der Waals surface area (Å²) in [4.78, 5) is 21.7. The van der Waals surface area contributed by atoms with Crippen molar-refractivity contribution in [3.8, 4) is 16.9 Å². The Morgan fingerprint density at radius 2 is 1.58 bits per heavy atom. The summed E-state index contributed by atoms with van der Waals surface area (Å²) in [6, 6.07) is 11.8. The van der Waals surface area contributed by atoms with Crippen molar-refractivity contribution in [2.75, 3.05) is 25.1 Å². The quantitative estimate of drug-likeness (QED) is 0.152. The van der Waals surface area contributed by atoms with E-state index in [1.165, 1.54) is 51.4 Å². The lowest BCUT2D eigenvalue weighted by molar-refractivity contribution is 0.204. The number of anilines is 1. The molecule has 0 radical (unpaired) electrons. The number of hydrogen-bond acceptors (Lipinski definition) is 6. The maximum Gasteiger partial charge on any atom is 0.469 e. The van der Waals surface area contributed by atoms with Crippen LogP contribution >= 0.6 is 7.82 Å². The van der Waals surface area contributed by atoms with Crippen molar-refractivity contribution < 1.29 is 23.6 Å². The summed E-state index contributed by atoms with van der Waals surface area (Å²) >= 11 is 0. The molecule has 0 amide bonds. The number of ether oxygens (including phenoxy) is 1. The van der Waals surface area contributed by atoms with Crippen LogP contribution in [0.4, 0.5) is 5.82 Å². The Hall–Kier alpha value is -1.96. The van der Waals surface area contributed by atoms with Crippen molar-refractivity contribution in [2.24, 2.45) is 0 Å². The van der Waals surface area contributed by atoms with Crippen LogP contribution in [0.2, 0.25) is 0 Å². The van der Waals surface area contributed by atoms with Crippen LogP contribution in [0.1, 0.15) is 64.7 Å². The second kappa shape index (κ2) is 16.6. The normalized spacial score (nSPS) is 11.1. The molecule has 6 N–H and O–H groups in total. The van der Waals surface area contributed by atoms with E-state index in [-0.39, 0.29) is 19.3 Å². The fourth-order valence-electron chi connectivity index (χ4n) is 3.42. The number of hydrogen-bond donors (Lipinski definition) is 4. The van der Waals surface area contributed by atoms with Gasteiger partial charge in [0.05, 0.1) is 13.2 Å². The lowest BCUT2D eigenvalue weighted by Gasteiger charge is -2.10. The third-order valence-corrected chi connectivity index (χ3v) is 5.63. The van der Waals surface area contributed by atoms with Gasteiger partial charge in [0.15, 0.2) is 0 Å². The van der Waals surface area contributed by atoms with E-state index < -0.39 is 7.82 Å². The molecular formula is C24H40N3O5P. The lowest BCUT2D eigenvalue weighted by Crippen LogP contribution is -2.09. The molecule has 0 atom stereocenters. The first-order valence-corrected chi connectivity index (χ1v) is 13.1. The molecule has 1 aromatic carbocycles. The molecule has 8 nitrogen and oxygen atoms in total. The third-order valence-electron chi connectivity index (χ3n) is 5.11. The van der Waals surface area contributed by atoms with Gasteiger partial charge in [-0.25, -0.2) is 9.55 Å². The van der Waals surface area contributed by atoms with Crippen LogP contribution in [0.3, 0.4) is 0 Å². The van der Waals surface area contributed by atoms with Gasteiger partial charge >= 0.3 is 7.82 Å². The topological polar surface area (TPSA) is 136 Å². The van der Waals surface area contributed by atoms with Gasteiger partial charge < -0.3 is 26.0 Å². The van der Waals surface area contributed by atoms with E-state index in [0.29, 0.717) is 5.82 Å². The van der Waals surface area contributed by atoms with E-state index in [4.69, 9.17) is 14.5 Å². The first-order valence-electron chi connectivity index (χ1n) is 11.6. The molecule has 0 aliphatic heterocycles. The second-order valence-corrected chi connectivity index (χ2v) is 9.12. The summed E-state index contributed by atoms with van der Waals surface area (Å²) in [6.07, 6.45) is 13.3. The summed E-state index contributed by atoms with van der Waals surface area (Å²) in [7, 11) is -4.45. The molecule has 1 aromatic heterocycles. The fourth-order valence-corrected chi connectivity index (χ4v) is 3.75. The highest BCUT2D eigenvalue weighted by Crippen LogP contribution is 2.35. The standard InChI is InChI=1S/C24H37N2O5P.H3N/c1-2-3-4-5-6-7-8-9-10-17-30-23-13-11-12-21(19-23)22-14-15-25-24(20-22)26-16-18-31-32(27,28)29;/h11-15,19-20H,2-10,16-18H2,1H3,(H,25,26)(H2,27,28,29);1H3. The zero-order valence-electron chi connectivity index (χ0n) is 19.7. The molecule has 186 valence electrons. The minimum atomic E-state index is -4.45. The van der Waals surface area contributed by atoms with Gasteiger partial charge in [-0.3, -0.25) is 4.52 Å². The maximum absolute atomic E-state index is 10.7. The number of benzene rings is 1. The van der Waals surface area contributed by atoms with Gasteiger partial charge in [0, 0.05) is 12.7 Å². The number of nitrogens with zero attached hydrogens (tertiary/aromatic N) is 1. The number of nitrogens with one attached hydrogen (secondary N) is 1. The molecule has 0 aliphatic rings. The van der Waals surface area contributed by atoms with Crippen LogP contribution in [-0.4, -0.2) is 34.5 Å². The molecule has 0 saturated heterocycles. The Kier molecular flexibility index (Phi) is 14.6. The summed E-state index contributed by atoms with van der Waals surface area (Å²) in [5.74, 6) is 1.46. The predicted octanol–water partition coefficient (Wildman–Crippen LogP) is 6.34. The van der Waals surface area contributed by atoms with Gasteiger partial charge in [0.1, 0.15) is 11.6 Å². The number of aromatic nitrogens is 1. The summed E-state index contributed by atoms with van der Waals surface area (Å²) in [5, 5.41) is 3.00. The van der Waals surface area contributed by atoms with Crippen LogP contribution < -0.4 is 16.2 Å². The van der Waals surface area contributed by atoms with Gasteiger partial charge in [0.2, 0.25) is 0 Å². The van der Waals surface area contributed by atoms with E-state index in [2.05, 4.69) is 21.7 Å². The van der Waals surface area contributed by atoms with Crippen molar-refractivity contribution in [2.45, 2.75) is 64.7 Å². The van der Waals surface area contributed by atoms with Gasteiger partial charge in [-0.1, -0.05) is 70.4 Å². The van der Waals surface area contributed by atoms with Crippen LogP contribution in [-0.2, 0) is 9.09 Å². The Morgan fingerprint density at radius 1 is 0.909 bits per heavy atom. The number of phosphoric acid groups is 1. The van der Waals surface area contributed by atoms with Gasteiger partial charge in [0.25, 0.3) is 0 Å². The molecule has 0 fully saturated rings. The number of pyridine rings is 1. The molecule has 2 aromatic rings. The Bertz CT molecular complexity index is 831. The average Bonchev–Trinajstić information content (AvgIpc) is 2.78. The van der Waals surface area contributed by atoms with Crippen LogP contribution in [0, 0.1) is 0 Å². The molecule has 0 aliphatic carbocycles. The monoisotopic (exact) mass is 481 g/mol. The van der Waals surface area contributed by atoms with E-state index in [0.717, 1.165) is 29.9 Å². The number of unbranched alkanes of at least 4 members (excludes halogenated alkanes) is 8. The zero-order chi connectivity index (χ0) is 23.1. The Balaban J connectivity index is 0.00000544. The maximum atomic E-state index is 10.7. The highest BCUT2D eigenvalue weighted by molar-refractivity contribution is 7.46. The minimum Gasteiger partial charge on any atom is -0.494 e. The molecule has 0 spiro atoms. The Morgan fingerprint density at radius 3 is 2.27 bits per heavy atom. The lowest BCUT2D eigenvalue weighted by atomic mass is 10.1. The SMILES string of the molecule is CCCCCCCCCCCOc1cccc(-c2ccnc(NCCOP(=O)(O)O)c2)c1.N. The predicted molar refractivity (Wildman–Crippen MR) is 134 cm³/mol. The van der Waals surface area contributed by atoms with E-state index in [9.17, 15) is 4.57 Å². The van der Waals surface area contributed by atoms with E-state index >= 15 is 0 Å². The molecule has 1 heterocycles. The molecule has 2 rings (SSSR count). The van der Waals surface area contributed by atoms with Crippen molar-refractivity contribution in [3.63, 3.8) is 0 Å². The van der Waals surface area contributed by atoms with Crippen molar-refractivity contribution in [3.05, 3.63) is 42.6 Å². The third kappa shape index (κ3) is 13.4. The molecular weight excluding hydrogens is 441 g/mol. The van der Waals surface area contributed by atoms with Crippen molar-refractivity contribution in [1.29, 1.82) is 0 Å². The first kappa shape index (κ1) is 29.1. The van der Waals surface area contributed by atoms with Gasteiger partial charge in [-0.15, -0.1) is 0 Å². The van der Waals surface area contributed by atoms with Gasteiger partial charge in [-0.05, 0) is 41.8 Å². The van der Waals surface area contributed by atoms with Crippen LogP contribution in [0.5, 0.6) is 5.75 Å².